The van der Waals surface area contributed by atoms with Crippen LogP contribution in [0.1, 0.15) is 6.42 Å². The topological polar surface area (TPSA) is 47.1 Å². The molecule has 0 amide bonds. The van der Waals surface area contributed by atoms with Crippen LogP contribution in [0.15, 0.2) is 16.9 Å². The Labute approximate surface area is 104 Å². The number of rotatable bonds is 3. The van der Waals surface area contributed by atoms with Gasteiger partial charge in [-0.2, -0.15) is 5.10 Å². The van der Waals surface area contributed by atoms with Crippen LogP contribution in [0.25, 0.3) is 0 Å². The SMILES string of the molecule is Cl.N[C@H]1CCN(CCn2cc(Br)cn2)C1. The number of nitrogens with two attached hydrogens (primary N) is 1. The molecular weight excluding hydrogens is 279 g/mol. The van der Waals surface area contributed by atoms with E-state index in [0.717, 1.165) is 37.1 Å². The van der Waals surface area contributed by atoms with Gasteiger partial charge in [-0.05, 0) is 28.9 Å². The molecule has 0 spiro atoms. The van der Waals surface area contributed by atoms with Crippen LogP contribution >= 0.6 is 28.3 Å². The van der Waals surface area contributed by atoms with Crippen LogP contribution in [-0.2, 0) is 6.54 Å². The van der Waals surface area contributed by atoms with E-state index in [1.165, 1.54) is 0 Å². The van der Waals surface area contributed by atoms with Gasteiger partial charge in [0, 0.05) is 25.3 Å². The average molecular weight is 296 g/mol. The van der Waals surface area contributed by atoms with Gasteiger partial charge in [-0.1, -0.05) is 0 Å². The van der Waals surface area contributed by atoms with Gasteiger partial charge >= 0.3 is 0 Å². The molecule has 0 radical (unpaired) electrons. The molecule has 15 heavy (non-hydrogen) atoms. The van der Waals surface area contributed by atoms with Crippen molar-refractivity contribution < 1.29 is 0 Å². The van der Waals surface area contributed by atoms with Gasteiger partial charge in [-0.15, -0.1) is 12.4 Å². The van der Waals surface area contributed by atoms with Crippen LogP contribution in [0.4, 0.5) is 0 Å². The van der Waals surface area contributed by atoms with Crippen LogP contribution in [-0.4, -0.2) is 40.4 Å². The molecule has 1 fully saturated rings. The van der Waals surface area contributed by atoms with E-state index < -0.39 is 0 Å². The zero-order valence-corrected chi connectivity index (χ0v) is 10.9. The fourth-order valence-corrected chi connectivity index (χ4v) is 2.10. The minimum atomic E-state index is 0. The van der Waals surface area contributed by atoms with E-state index in [9.17, 15) is 0 Å². The molecular formula is C9H16BrClN4. The molecule has 0 saturated carbocycles. The van der Waals surface area contributed by atoms with Gasteiger partial charge in [-0.25, -0.2) is 0 Å². The number of nitrogens with zero attached hydrogens (tertiary/aromatic N) is 3. The molecule has 1 aliphatic heterocycles. The minimum absolute atomic E-state index is 0. The molecule has 2 rings (SSSR count). The van der Waals surface area contributed by atoms with Gasteiger partial charge < -0.3 is 5.73 Å². The van der Waals surface area contributed by atoms with Crippen LogP contribution < -0.4 is 5.73 Å². The summed E-state index contributed by atoms with van der Waals surface area (Å²) in [5, 5.41) is 4.21. The first kappa shape index (κ1) is 13.0. The molecule has 6 heteroatoms. The maximum atomic E-state index is 5.83. The van der Waals surface area contributed by atoms with Crippen LogP contribution in [0.5, 0.6) is 0 Å². The van der Waals surface area contributed by atoms with Crippen molar-refractivity contribution in [2.24, 2.45) is 5.73 Å². The standard InChI is InChI=1S/C9H15BrN4.ClH/c10-8-5-12-14(6-8)4-3-13-2-1-9(11)7-13;/h5-6,9H,1-4,7,11H2;1H/t9-;/m0./s1. The predicted molar refractivity (Wildman–Crippen MR) is 66.2 cm³/mol. The summed E-state index contributed by atoms with van der Waals surface area (Å²) < 4.78 is 2.99. The van der Waals surface area contributed by atoms with Crippen molar-refractivity contribution in [1.82, 2.24) is 14.7 Å². The third kappa shape index (κ3) is 3.75. The summed E-state index contributed by atoms with van der Waals surface area (Å²) in [5.41, 5.74) is 5.83. The highest BCUT2D eigenvalue weighted by Crippen LogP contribution is 2.08. The Morgan fingerprint density at radius 3 is 2.87 bits per heavy atom. The zero-order chi connectivity index (χ0) is 9.97. The van der Waals surface area contributed by atoms with E-state index in [-0.39, 0.29) is 12.4 Å². The van der Waals surface area contributed by atoms with E-state index in [4.69, 9.17) is 5.73 Å². The van der Waals surface area contributed by atoms with Crippen LogP contribution in [0.3, 0.4) is 0 Å². The Bertz CT molecular complexity index is 304. The molecule has 0 aromatic carbocycles. The lowest BCUT2D eigenvalue weighted by Gasteiger charge is -2.14. The summed E-state index contributed by atoms with van der Waals surface area (Å²) in [6.07, 6.45) is 4.94. The van der Waals surface area contributed by atoms with Crippen molar-refractivity contribution in [3.63, 3.8) is 0 Å². The first-order valence-electron chi connectivity index (χ1n) is 4.90. The first-order chi connectivity index (χ1) is 6.74. The molecule has 2 heterocycles. The molecule has 1 aromatic heterocycles. The van der Waals surface area contributed by atoms with Crippen molar-refractivity contribution >= 4 is 28.3 Å². The normalized spacial score (nSPS) is 21.6. The highest BCUT2D eigenvalue weighted by atomic mass is 79.9. The minimum Gasteiger partial charge on any atom is -0.326 e. The largest absolute Gasteiger partial charge is 0.326 e. The fraction of sp³-hybridized carbons (Fsp3) is 0.667. The van der Waals surface area contributed by atoms with Crippen LogP contribution in [0, 0.1) is 0 Å². The van der Waals surface area contributed by atoms with E-state index in [1.54, 1.807) is 0 Å². The lowest BCUT2D eigenvalue weighted by atomic mass is 10.3. The van der Waals surface area contributed by atoms with Crippen molar-refractivity contribution in [1.29, 1.82) is 0 Å². The third-order valence-electron chi connectivity index (χ3n) is 2.56. The monoisotopic (exact) mass is 294 g/mol. The summed E-state index contributed by atoms with van der Waals surface area (Å²) in [7, 11) is 0. The second kappa shape index (κ2) is 5.84. The second-order valence-corrected chi connectivity index (χ2v) is 4.69. The maximum Gasteiger partial charge on any atom is 0.0632 e. The third-order valence-corrected chi connectivity index (χ3v) is 2.97. The molecule has 1 saturated heterocycles. The van der Waals surface area contributed by atoms with Crippen molar-refractivity contribution in [2.75, 3.05) is 19.6 Å². The van der Waals surface area contributed by atoms with E-state index >= 15 is 0 Å². The first-order valence-corrected chi connectivity index (χ1v) is 5.69. The number of likely N-dealkylation sites (tertiary alicyclic amines) is 1. The molecule has 4 nitrogen and oxygen atoms in total. The van der Waals surface area contributed by atoms with E-state index in [0.29, 0.717) is 6.04 Å². The smallest absolute Gasteiger partial charge is 0.0632 e. The molecule has 1 aromatic rings. The second-order valence-electron chi connectivity index (χ2n) is 3.77. The summed E-state index contributed by atoms with van der Waals surface area (Å²) in [6, 6.07) is 0.374. The highest BCUT2D eigenvalue weighted by Gasteiger charge is 2.18. The Hall–Kier alpha value is -0.100. The van der Waals surface area contributed by atoms with Crippen molar-refractivity contribution in [3.8, 4) is 0 Å². The zero-order valence-electron chi connectivity index (χ0n) is 8.47. The molecule has 0 unspecified atom stereocenters. The van der Waals surface area contributed by atoms with E-state index in [1.807, 2.05) is 17.1 Å². The lowest BCUT2D eigenvalue weighted by Crippen LogP contribution is -2.29. The quantitative estimate of drug-likeness (QED) is 0.908. The van der Waals surface area contributed by atoms with Gasteiger partial charge in [0.05, 0.1) is 17.2 Å². The Balaban J connectivity index is 0.00000112. The fourth-order valence-electron chi connectivity index (χ4n) is 1.77. The molecule has 86 valence electrons. The Kier molecular flexibility index (Phi) is 5.05. The van der Waals surface area contributed by atoms with E-state index in [2.05, 4.69) is 25.9 Å². The van der Waals surface area contributed by atoms with Crippen molar-refractivity contribution in [2.45, 2.75) is 19.0 Å². The highest BCUT2D eigenvalue weighted by molar-refractivity contribution is 9.10. The van der Waals surface area contributed by atoms with Gasteiger partial charge in [0.2, 0.25) is 0 Å². The lowest BCUT2D eigenvalue weighted by molar-refractivity contribution is 0.312. The summed E-state index contributed by atoms with van der Waals surface area (Å²) >= 11 is 3.38. The Morgan fingerprint density at radius 1 is 1.53 bits per heavy atom. The van der Waals surface area contributed by atoms with Gasteiger partial charge in [0.15, 0.2) is 0 Å². The molecule has 0 bridgehead atoms. The Morgan fingerprint density at radius 2 is 2.33 bits per heavy atom. The summed E-state index contributed by atoms with van der Waals surface area (Å²) in [4.78, 5) is 2.39. The van der Waals surface area contributed by atoms with Gasteiger partial charge in [-0.3, -0.25) is 9.58 Å². The molecule has 1 aliphatic rings. The molecule has 1 atom stereocenters. The summed E-state index contributed by atoms with van der Waals surface area (Å²) in [6.45, 7) is 4.15. The number of hydrogen-bond donors (Lipinski definition) is 1. The predicted octanol–water partition coefficient (Wildman–Crippen LogP) is 1.10. The summed E-state index contributed by atoms with van der Waals surface area (Å²) in [5.74, 6) is 0. The number of halogens is 2. The number of hydrogen-bond acceptors (Lipinski definition) is 3. The molecule has 0 aliphatic carbocycles. The maximum absolute atomic E-state index is 5.83. The molecule has 2 N–H and O–H groups in total. The van der Waals surface area contributed by atoms with Crippen LogP contribution in [0.2, 0.25) is 0 Å². The number of aromatic nitrogens is 2. The van der Waals surface area contributed by atoms with Gasteiger partial charge in [0.1, 0.15) is 0 Å². The average Bonchev–Trinajstić information content (AvgIpc) is 2.72. The van der Waals surface area contributed by atoms with Gasteiger partial charge in [0.25, 0.3) is 0 Å². The van der Waals surface area contributed by atoms with Crippen molar-refractivity contribution in [3.05, 3.63) is 16.9 Å².